The fourth-order valence-electron chi connectivity index (χ4n) is 1.21. The Bertz CT molecular complexity index is 496. The molecule has 1 heterocycles. The van der Waals surface area contributed by atoms with E-state index in [-0.39, 0.29) is 0 Å². The lowest BCUT2D eigenvalue weighted by atomic mass is 10.3. The van der Waals surface area contributed by atoms with Crippen LogP contribution in [0.2, 0.25) is 5.02 Å². The monoisotopic (exact) mass is 270 g/mol. The summed E-state index contributed by atoms with van der Waals surface area (Å²) in [6.07, 6.45) is 0. The number of aromatic nitrogens is 1. The van der Waals surface area contributed by atoms with Crippen molar-refractivity contribution in [3.8, 4) is 0 Å². The van der Waals surface area contributed by atoms with Crippen LogP contribution in [0.1, 0.15) is 10.7 Å². The van der Waals surface area contributed by atoms with Crippen molar-refractivity contribution in [2.24, 2.45) is 0 Å². The largest absolute Gasteiger partial charge is 0.398 e. The van der Waals surface area contributed by atoms with Crippen LogP contribution in [0.4, 0.5) is 5.69 Å². The maximum Gasteiger partial charge on any atom is 0.103 e. The predicted octanol–water partition coefficient (Wildman–Crippen LogP) is 3.98. The lowest BCUT2D eigenvalue weighted by Gasteiger charge is -2.02. The Balaban J connectivity index is 2.02. The van der Waals surface area contributed by atoms with E-state index < -0.39 is 0 Å². The quantitative estimate of drug-likeness (QED) is 0.677. The highest BCUT2D eigenvalue weighted by Gasteiger charge is 2.02. The summed E-state index contributed by atoms with van der Waals surface area (Å²) < 4.78 is 0. The number of aryl methyl sites for hydroxylation is 1. The number of thioether (sulfide) groups is 1. The van der Waals surface area contributed by atoms with Crippen LogP contribution in [0, 0.1) is 6.92 Å². The second-order valence-corrected chi connectivity index (χ2v) is 5.75. The molecule has 1 aromatic carbocycles. The molecule has 0 amide bonds. The summed E-state index contributed by atoms with van der Waals surface area (Å²) in [5.41, 5.74) is 7.35. The highest BCUT2D eigenvalue weighted by Crippen LogP contribution is 2.29. The first kappa shape index (κ1) is 11.8. The molecule has 0 aliphatic rings. The van der Waals surface area contributed by atoms with Gasteiger partial charge in [0.1, 0.15) is 5.01 Å². The third-order valence-electron chi connectivity index (χ3n) is 2.00. The summed E-state index contributed by atoms with van der Waals surface area (Å²) in [6, 6.07) is 5.70. The van der Waals surface area contributed by atoms with Gasteiger partial charge in [-0.05, 0) is 25.1 Å². The average molecular weight is 271 g/mol. The van der Waals surface area contributed by atoms with E-state index in [0.29, 0.717) is 10.7 Å². The molecule has 16 heavy (non-hydrogen) atoms. The summed E-state index contributed by atoms with van der Waals surface area (Å²) in [4.78, 5) is 5.52. The second kappa shape index (κ2) is 5.08. The number of nitrogens with two attached hydrogens (primary N) is 1. The van der Waals surface area contributed by atoms with E-state index in [1.807, 2.05) is 25.1 Å². The number of nitrogen functional groups attached to an aromatic ring is 1. The van der Waals surface area contributed by atoms with Crippen molar-refractivity contribution >= 4 is 40.4 Å². The summed E-state index contributed by atoms with van der Waals surface area (Å²) in [5.74, 6) is 0.874. The first-order valence-electron chi connectivity index (χ1n) is 4.74. The van der Waals surface area contributed by atoms with Crippen molar-refractivity contribution in [3.63, 3.8) is 0 Å². The minimum atomic E-state index is 0.611. The highest BCUT2D eigenvalue weighted by atomic mass is 35.5. The number of hydrogen-bond acceptors (Lipinski definition) is 4. The van der Waals surface area contributed by atoms with Gasteiger partial charge in [0, 0.05) is 16.0 Å². The van der Waals surface area contributed by atoms with E-state index in [1.54, 1.807) is 23.1 Å². The Morgan fingerprint density at radius 1 is 1.50 bits per heavy atom. The molecule has 0 aliphatic carbocycles. The van der Waals surface area contributed by atoms with Crippen molar-refractivity contribution in [2.45, 2.75) is 17.6 Å². The summed E-state index contributed by atoms with van der Waals surface area (Å²) in [7, 11) is 0. The van der Waals surface area contributed by atoms with Crippen molar-refractivity contribution in [2.75, 3.05) is 5.73 Å². The van der Waals surface area contributed by atoms with E-state index in [9.17, 15) is 0 Å². The van der Waals surface area contributed by atoms with Gasteiger partial charge in [-0.3, -0.25) is 0 Å². The van der Waals surface area contributed by atoms with Gasteiger partial charge in [-0.2, -0.15) is 0 Å². The fraction of sp³-hybridized carbons (Fsp3) is 0.182. The molecule has 0 spiro atoms. The van der Waals surface area contributed by atoms with Crippen molar-refractivity contribution in [1.29, 1.82) is 0 Å². The Kier molecular flexibility index (Phi) is 3.74. The summed E-state index contributed by atoms with van der Waals surface area (Å²) in [5, 5.41) is 3.81. The van der Waals surface area contributed by atoms with Gasteiger partial charge in [-0.1, -0.05) is 11.6 Å². The molecule has 2 N–H and O–H groups in total. The van der Waals surface area contributed by atoms with E-state index >= 15 is 0 Å². The molecular weight excluding hydrogens is 260 g/mol. The van der Waals surface area contributed by atoms with E-state index in [4.69, 9.17) is 17.3 Å². The Morgan fingerprint density at radius 3 is 2.94 bits per heavy atom. The molecule has 2 aromatic rings. The first-order chi connectivity index (χ1) is 7.65. The van der Waals surface area contributed by atoms with Crippen molar-refractivity contribution in [3.05, 3.63) is 39.3 Å². The van der Waals surface area contributed by atoms with Gasteiger partial charge in [-0.15, -0.1) is 23.1 Å². The van der Waals surface area contributed by atoms with Gasteiger partial charge in [-0.25, -0.2) is 4.98 Å². The molecule has 2 rings (SSSR count). The first-order valence-corrected chi connectivity index (χ1v) is 6.98. The fourth-order valence-corrected chi connectivity index (χ4v) is 3.18. The number of anilines is 1. The molecule has 0 bridgehead atoms. The molecular formula is C11H11ClN2S2. The molecule has 2 nitrogen and oxygen atoms in total. The number of benzene rings is 1. The minimum Gasteiger partial charge on any atom is -0.398 e. The van der Waals surface area contributed by atoms with Gasteiger partial charge in [0.05, 0.1) is 16.5 Å². The molecule has 0 saturated heterocycles. The van der Waals surface area contributed by atoms with Gasteiger partial charge in [0.15, 0.2) is 0 Å². The lowest BCUT2D eigenvalue weighted by molar-refractivity contribution is 1.18. The second-order valence-electron chi connectivity index (χ2n) is 3.35. The number of rotatable bonds is 3. The van der Waals surface area contributed by atoms with Crippen molar-refractivity contribution in [1.82, 2.24) is 4.98 Å². The number of thiazole rings is 1. The Labute approximate surface area is 108 Å². The van der Waals surface area contributed by atoms with Crippen LogP contribution >= 0.6 is 34.7 Å². The molecule has 0 atom stereocenters. The van der Waals surface area contributed by atoms with Gasteiger partial charge in [0.2, 0.25) is 0 Å². The van der Waals surface area contributed by atoms with Crippen LogP contribution in [0.3, 0.4) is 0 Å². The third kappa shape index (κ3) is 2.90. The smallest absolute Gasteiger partial charge is 0.103 e. The maximum atomic E-state index is 5.95. The Morgan fingerprint density at radius 2 is 2.31 bits per heavy atom. The van der Waals surface area contributed by atoms with Crippen LogP contribution in [-0.2, 0) is 5.75 Å². The standard InChI is InChI=1S/C11H11ClN2S2/c1-7-5-16-11(14-7)6-15-8-2-3-10(13)9(12)4-8/h2-5H,6,13H2,1H3. The minimum absolute atomic E-state index is 0.611. The molecule has 5 heteroatoms. The zero-order valence-electron chi connectivity index (χ0n) is 8.74. The van der Waals surface area contributed by atoms with Crippen LogP contribution in [0.5, 0.6) is 0 Å². The molecule has 84 valence electrons. The average Bonchev–Trinajstić information content (AvgIpc) is 2.66. The van der Waals surface area contributed by atoms with Gasteiger partial charge >= 0.3 is 0 Å². The summed E-state index contributed by atoms with van der Waals surface area (Å²) in [6.45, 7) is 2.00. The predicted molar refractivity (Wildman–Crippen MR) is 72.3 cm³/mol. The van der Waals surface area contributed by atoms with Crippen molar-refractivity contribution < 1.29 is 0 Å². The summed E-state index contributed by atoms with van der Waals surface area (Å²) >= 11 is 9.35. The van der Waals surface area contributed by atoms with Crippen LogP contribution in [0.15, 0.2) is 28.5 Å². The SMILES string of the molecule is Cc1csc(CSc2ccc(N)c(Cl)c2)n1. The van der Waals surface area contributed by atoms with Crippen LogP contribution in [-0.4, -0.2) is 4.98 Å². The topological polar surface area (TPSA) is 38.9 Å². The number of halogens is 1. The third-order valence-corrected chi connectivity index (χ3v) is 4.48. The number of nitrogens with zero attached hydrogens (tertiary/aromatic N) is 1. The zero-order valence-corrected chi connectivity index (χ0v) is 11.1. The molecule has 0 unspecified atom stereocenters. The molecule has 0 saturated carbocycles. The molecule has 1 aromatic heterocycles. The highest BCUT2D eigenvalue weighted by molar-refractivity contribution is 7.98. The lowest BCUT2D eigenvalue weighted by Crippen LogP contribution is -1.86. The molecule has 0 radical (unpaired) electrons. The Hall–Kier alpha value is -0.710. The zero-order chi connectivity index (χ0) is 11.5. The van der Waals surface area contributed by atoms with E-state index in [0.717, 1.165) is 21.3 Å². The van der Waals surface area contributed by atoms with Crippen LogP contribution in [0.25, 0.3) is 0 Å². The maximum absolute atomic E-state index is 5.95. The van der Waals surface area contributed by atoms with E-state index in [2.05, 4.69) is 10.4 Å². The molecule has 0 fully saturated rings. The number of hydrogen-bond donors (Lipinski definition) is 1. The normalized spacial score (nSPS) is 10.6. The van der Waals surface area contributed by atoms with E-state index in [1.165, 1.54) is 0 Å². The molecule has 0 aliphatic heterocycles. The van der Waals surface area contributed by atoms with Gasteiger partial charge < -0.3 is 5.73 Å². The van der Waals surface area contributed by atoms with Gasteiger partial charge in [0.25, 0.3) is 0 Å². The van der Waals surface area contributed by atoms with Crippen LogP contribution < -0.4 is 5.73 Å².